The number of nitrogens with zero attached hydrogens (tertiary/aromatic N) is 7. The van der Waals surface area contributed by atoms with Crippen molar-refractivity contribution in [1.82, 2.24) is 24.5 Å². The Morgan fingerprint density at radius 3 is 2.54 bits per heavy atom. The van der Waals surface area contributed by atoms with Gasteiger partial charge in [-0.25, -0.2) is 0 Å². The van der Waals surface area contributed by atoms with Crippen LogP contribution in [-0.2, 0) is 12.1 Å². The van der Waals surface area contributed by atoms with Crippen LogP contribution in [0.2, 0.25) is 0 Å². The summed E-state index contributed by atoms with van der Waals surface area (Å²) >= 11 is 0. The van der Waals surface area contributed by atoms with Crippen LogP contribution in [0.1, 0.15) is 11.4 Å². The summed E-state index contributed by atoms with van der Waals surface area (Å²) in [4.78, 5) is 4.12. The molecule has 28 heavy (non-hydrogen) atoms. The number of pyridine rings is 1. The molecule has 1 unspecified atom stereocenters. The second kappa shape index (κ2) is 4.64. The van der Waals surface area contributed by atoms with Crippen molar-refractivity contribution in [3.8, 4) is 22.8 Å². The molecule has 10 heteroatoms. The first-order valence-corrected chi connectivity index (χ1v) is 8.55. The Morgan fingerprint density at radius 2 is 1.71 bits per heavy atom. The van der Waals surface area contributed by atoms with E-state index in [1.54, 1.807) is 23.3 Å². The van der Waals surface area contributed by atoms with E-state index in [-0.39, 0.29) is 0 Å². The largest absolute Gasteiger partial charge is 0.583 e. The number of fused-ring (bicyclic) bond motifs is 10. The fourth-order valence-corrected chi connectivity index (χ4v) is 4.18. The lowest BCUT2D eigenvalue weighted by atomic mass is 10.2. The summed E-state index contributed by atoms with van der Waals surface area (Å²) in [6, 6.07) is 8.59. The predicted molar refractivity (Wildman–Crippen MR) is 87.4 cm³/mol. The van der Waals surface area contributed by atoms with Crippen molar-refractivity contribution in [1.29, 1.82) is 0 Å². The quantitative estimate of drug-likeness (QED) is 0.374. The molecule has 2 aliphatic rings. The molecule has 0 aliphatic carbocycles. The van der Waals surface area contributed by atoms with Crippen molar-refractivity contribution in [2.45, 2.75) is 19.0 Å². The number of alkyl halides is 3. The molecule has 0 fully saturated rings. The van der Waals surface area contributed by atoms with Crippen LogP contribution in [0.15, 0.2) is 55.1 Å². The molecule has 2 aliphatic heterocycles. The molecular weight excluding hydrogens is 371 g/mol. The molecular formula is C18H12F3N7+2. The highest BCUT2D eigenvalue weighted by Gasteiger charge is 2.70. The van der Waals surface area contributed by atoms with Crippen molar-refractivity contribution >= 4 is 0 Å². The Bertz CT molecular complexity index is 1290. The summed E-state index contributed by atoms with van der Waals surface area (Å²) in [6.45, 7) is 1.85. The van der Waals surface area contributed by atoms with Crippen molar-refractivity contribution in [3.63, 3.8) is 0 Å². The van der Waals surface area contributed by atoms with Crippen LogP contribution in [0, 0.1) is 6.92 Å². The zero-order valence-electron chi connectivity index (χ0n) is 14.5. The van der Waals surface area contributed by atoms with Gasteiger partial charge in [-0.05, 0) is 19.1 Å². The number of aromatic nitrogens is 7. The van der Waals surface area contributed by atoms with E-state index in [0.29, 0.717) is 11.4 Å². The van der Waals surface area contributed by atoms with Crippen molar-refractivity contribution in [2.24, 2.45) is 0 Å². The Balaban J connectivity index is 1.81. The first-order chi connectivity index (χ1) is 13.4. The number of halogens is 3. The van der Waals surface area contributed by atoms with E-state index in [1.807, 2.05) is 46.5 Å². The molecule has 7 nitrogen and oxygen atoms in total. The molecule has 0 saturated carbocycles. The van der Waals surface area contributed by atoms with Crippen molar-refractivity contribution in [3.05, 3.63) is 66.5 Å². The second-order valence-corrected chi connectivity index (χ2v) is 6.79. The average Bonchev–Trinajstić information content (AvgIpc) is 3.37. The van der Waals surface area contributed by atoms with Gasteiger partial charge in [0.05, 0.1) is 11.9 Å². The highest BCUT2D eigenvalue weighted by Crippen LogP contribution is 2.39. The van der Waals surface area contributed by atoms with E-state index in [0.717, 1.165) is 23.1 Å². The van der Waals surface area contributed by atoms with Crippen LogP contribution in [0.3, 0.4) is 0 Å². The van der Waals surface area contributed by atoms with Gasteiger partial charge in [0.2, 0.25) is 5.69 Å². The Morgan fingerprint density at radius 1 is 0.964 bits per heavy atom. The standard InChI is InChI=1S/C18H12F3N7/c1-11-8-13-12-4-2-3-6-25(12)18(27(13)23-11)26-7-5-22-10-15(26)14-9-16(17(19,20)21)24-28(14)18/h2-10H,1H3/q+2. The topological polar surface area (TPSA) is 56.3 Å². The van der Waals surface area contributed by atoms with Gasteiger partial charge in [0.1, 0.15) is 11.9 Å². The Hall–Kier alpha value is -3.56. The first-order valence-electron chi connectivity index (χ1n) is 8.55. The van der Waals surface area contributed by atoms with Gasteiger partial charge >= 0.3 is 12.1 Å². The SMILES string of the molecule is Cc1cc2n(n1)C1(n3nc(C(F)(F)F)cc3-c3cncc[n+]31)[n+]1ccccc1-2. The monoisotopic (exact) mass is 383 g/mol. The lowest BCUT2D eigenvalue weighted by Crippen LogP contribution is -2.77. The summed E-state index contributed by atoms with van der Waals surface area (Å²) in [6.07, 6.45) is 2.13. The molecule has 6 rings (SSSR count). The van der Waals surface area contributed by atoms with Crippen molar-refractivity contribution < 1.29 is 22.3 Å². The van der Waals surface area contributed by atoms with Gasteiger partial charge in [-0.1, -0.05) is 9.13 Å². The Kier molecular flexibility index (Phi) is 2.57. The van der Waals surface area contributed by atoms with E-state index >= 15 is 0 Å². The van der Waals surface area contributed by atoms with Gasteiger partial charge in [-0.3, -0.25) is 4.98 Å². The van der Waals surface area contributed by atoms with E-state index < -0.39 is 17.8 Å². The maximum absolute atomic E-state index is 13.5. The van der Waals surface area contributed by atoms with Crippen LogP contribution in [0.25, 0.3) is 22.8 Å². The molecule has 0 bridgehead atoms. The molecule has 0 aromatic carbocycles. The summed E-state index contributed by atoms with van der Waals surface area (Å²) in [5, 5.41) is 8.60. The van der Waals surface area contributed by atoms with Crippen molar-refractivity contribution in [2.75, 3.05) is 0 Å². The Labute approximate surface area is 155 Å². The van der Waals surface area contributed by atoms with Gasteiger partial charge in [-0.15, -0.1) is 9.36 Å². The molecule has 0 N–H and O–H groups in total. The normalized spacial score (nSPS) is 18.9. The fourth-order valence-electron chi connectivity index (χ4n) is 4.18. The molecule has 4 aromatic heterocycles. The van der Waals surface area contributed by atoms with E-state index in [9.17, 15) is 13.2 Å². The highest BCUT2D eigenvalue weighted by molar-refractivity contribution is 5.57. The van der Waals surface area contributed by atoms with Gasteiger partial charge in [0.25, 0.3) is 5.69 Å². The highest BCUT2D eigenvalue weighted by atomic mass is 19.4. The van der Waals surface area contributed by atoms with Crippen LogP contribution in [0.5, 0.6) is 0 Å². The van der Waals surface area contributed by atoms with Crippen LogP contribution in [0.4, 0.5) is 13.2 Å². The lowest BCUT2D eigenvalue weighted by Gasteiger charge is -2.16. The third-order valence-corrected chi connectivity index (χ3v) is 5.19. The number of rotatable bonds is 0. The van der Waals surface area contributed by atoms with Gasteiger partial charge in [0, 0.05) is 18.2 Å². The third kappa shape index (κ3) is 1.59. The molecule has 0 amide bonds. The molecule has 6 heterocycles. The van der Waals surface area contributed by atoms with Gasteiger partial charge in [-0.2, -0.15) is 23.4 Å². The minimum atomic E-state index is -4.56. The smallest absolute Gasteiger partial charge is 0.251 e. The van der Waals surface area contributed by atoms with Crippen LogP contribution in [-0.4, -0.2) is 24.5 Å². The third-order valence-electron chi connectivity index (χ3n) is 5.19. The van der Waals surface area contributed by atoms with Crippen LogP contribution < -0.4 is 9.13 Å². The fraction of sp³-hybridized carbons (Fsp3) is 0.167. The van der Waals surface area contributed by atoms with E-state index in [4.69, 9.17) is 0 Å². The van der Waals surface area contributed by atoms with E-state index in [1.165, 1.54) is 4.68 Å². The van der Waals surface area contributed by atoms with Gasteiger partial charge in [0.15, 0.2) is 23.8 Å². The number of aryl methyl sites for hydroxylation is 1. The molecule has 1 spiro atoms. The number of hydrogen-bond acceptors (Lipinski definition) is 3. The second-order valence-electron chi connectivity index (χ2n) is 6.79. The molecule has 4 aromatic rings. The maximum atomic E-state index is 13.5. The summed E-state index contributed by atoms with van der Waals surface area (Å²) in [5.41, 5.74) is 2.28. The first kappa shape index (κ1) is 15.5. The molecule has 0 saturated heterocycles. The summed E-state index contributed by atoms with van der Waals surface area (Å²) in [5.74, 6) is -1.27. The average molecular weight is 383 g/mol. The zero-order chi connectivity index (χ0) is 19.3. The molecule has 1 atom stereocenters. The predicted octanol–water partition coefficient (Wildman–Crippen LogP) is 1.55. The zero-order valence-corrected chi connectivity index (χ0v) is 14.5. The van der Waals surface area contributed by atoms with E-state index in [2.05, 4.69) is 15.2 Å². The minimum absolute atomic E-state index is 0.323. The summed E-state index contributed by atoms with van der Waals surface area (Å²) < 4.78 is 47.2. The van der Waals surface area contributed by atoms with Gasteiger partial charge < -0.3 is 0 Å². The maximum Gasteiger partial charge on any atom is 0.583 e. The summed E-state index contributed by atoms with van der Waals surface area (Å²) in [7, 11) is 0. The molecule has 138 valence electrons. The molecule has 0 radical (unpaired) electrons. The lowest BCUT2D eigenvalue weighted by molar-refractivity contribution is -0.990. The number of hydrogen-bond donors (Lipinski definition) is 0. The van der Waals surface area contributed by atoms with Crippen LogP contribution >= 0.6 is 0 Å². The minimum Gasteiger partial charge on any atom is -0.251 e.